The molecule has 0 aliphatic rings. The quantitative estimate of drug-likeness (QED) is 0.525. The van der Waals surface area contributed by atoms with Gasteiger partial charge in [0.2, 0.25) is 5.91 Å². The maximum absolute atomic E-state index is 13.3. The van der Waals surface area contributed by atoms with Crippen molar-refractivity contribution in [2.24, 2.45) is 0 Å². The first-order valence-electron chi connectivity index (χ1n) is 8.84. The summed E-state index contributed by atoms with van der Waals surface area (Å²) in [6.07, 6.45) is 1.97. The monoisotopic (exact) mass is 373 g/mol. The van der Waals surface area contributed by atoms with E-state index in [2.05, 4.69) is 5.32 Å². The van der Waals surface area contributed by atoms with Gasteiger partial charge in [0.05, 0.1) is 6.61 Å². The highest BCUT2D eigenvalue weighted by atomic mass is 35.5. The van der Waals surface area contributed by atoms with Crippen LogP contribution in [0.1, 0.15) is 38.7 Å². The van der Waals surface area contributed by atoms with Crippen LogP contribution in [0.4, 0.5) is 5.69 Å². The number of halogens is 1. The maximum Gasteiger partial charge on any atom is 0.326 e. The molecule has 26 heavy (non-hydrogen) atoms. The number of hydrogen-bond donors (Lipinski definition) is 1. The summed E-state index contributed by atoms with van der Waals surface area (Å²) < 4.78 is 5.32. The largest absolute Gasteiger partial charge is 0.465 e. The van der Waals surface area contributed by atoms with E-state index in [-0.39, 0.29) is 6.61 Å². The Hall–Kier alpha value is -2.33. The Morgan fingerprint density at radius 1 is 1.04 bits per heavy atom. The van der Waals surface area contributed by atoms with Crippen LogP contribution >= 0.6 is 11.6 Å². The molecule has 138 valence electrons. The smallest absolute Gasteiger partial charge is 0.326 e. The Labute approximate surface area is 159 Å². The van der Waals surface area contributed by atoms with Gasteiger partial charge in [0.15, 0.2) is 5.41 Å². The zero-order valence-corrected chi connectivity index (χ0v) is 15.9. The lowest BCUT2D eigenvalue weighted by Gasteiger charge is -2.30. The van der Waals surface area contributed by atoms with Gasteiger partial charge in [-0.15, -0.1) is 0 Å². The maximum atomic E-state index is 13.3. The molecule has 1 atom stereocenters. The minimum Gasteiger partial charge on any atom is -0.465 e. The van der Waals surface area contributed by atoms with Crippen molar-refractivity contribution in [3.05, 3.63) is 65.2 Å². The number of rotatable bonds is 8. The number of carbonyl (C=O) groups is 2. The van der Waals surface area contributed by atoms with Crippen LogP contribution in [-0.4, -0.2) is 18.5 Å². The molecule has 0 saturated heterocycles. The first-order valence-corrected chi connectivity index (χ1v) is 9.22. The average molecular weight is 374 g/mol. The van der Waals surface area contributed by atoms with Gasteiger partial charge in [-0.2, -0.15) is 0 Å². The van der Waals surface area contributed by atoms with Gasteiger partial charge in [0.25, 0.3) is 0 Å². The summed E-state index contributed by atoms with van der Waals surface area (Å²) in [5, 5.41) is 3.44. The lowest BCUT2D eigenvalue weighted by Crippen LogP contribution is -2.48. The molecule has 4 nitrogen and oxygen atoms in total. The predicted octanol–water partition coefficient (Wildman–Crippen LogP) is 4.97. The van der Waals surface area contributed by atoms with Gasteiger partial charge in [-0.1, -0.05) is 61.7 Å². The van der Waals surface area contributed by atoms with Crippen molar-refractivity contribution < 1.29 is 14.3 Å². The normalized spacial score (nSPS) is 12.9. The van der Waals surface area contributed by atoms with Crippen LogP contribution in [0.15, 0.2) is 54.6 Å². The summed E-state index contributed by atoms with van der Waals surface area (Å²) >= 11 is 5.91. The molecule has 1 N–H and O–H groups in total. The van der Waals surface area contributed by atoms with Gasteiger partial charge in [-0.25, -0.2) is 0 Å². The van der Waals surface area contributed by atoms with Crippen LogP contribution in [0, 0.1) is 0 Å². The molecular weight excluding hydrogens is 350 g/mol. The SMILES string of the molecule is CCCCC(C(=O)Nc1ccc(Cl)cc1)(C(=O)OCC)c1ccccc1. The van der Waals surface area contributed by atoms with E-state index in [1.54, 1.807) is 43.3 Å². The van der Waals surface area contributed by atoms with Crippen LogP contribution in [-0.2, 0) is 19.7 Å². The number of amides is 1. The van der Waals surface area contributed by atoms with Gasteiger partial charge in [-0.3, -0.25) is 9.59 Å². The summed E-state index contributed by atoms with van der Waals surface area (Å²) in [7, 11) is 0. The number of nitrogens with one attached hydrogen (secondary N) is 1. The number of anilines is 1. The van der Waals surface area contributed by atoms with E-state index < -0.39 is 17.3 Å². The molecular formula is C21H24ClNO3. The number of unbranched alkanes of at least 4 members (excludes halogenated alkanes) is 1. The minimum absolute atomic E-state index is 0.216. The van der Waals surface area contributed by atoms with Gasteiger partial charge < -0.3 is 10.1 Å². The topological polar surface area (TPSA) is 55.4 Å². The van der Waals surface area contributed by atoms with E-state index in [1.165, 1.54) is 0 Å². The van der Waals surface area contributed by atoms with E-state index in [9.17, 15) is 9.59 Å². The van der Waals surface area contributed by atoms with Crippen LogP contribution in [0.3, 0.4) is 0 Å². The first-order chi connectivity index (χ1) is 12.5. The molecule has 1 amide bonds. The Morgan fingerprint density at radius 3 is 2.27 bits per heavy atom. The van der Waals surface area contributed by atoms with Crippen LogP contribution < -0.4 is 5.32 Å². The van der Waals surface area contributed by atoms with Crippen molar-refractivity contribution >= 4 is 29.2 Å². The fourth-order valence-electron chi connectivity index (χ4n) is 2.89. The highest BCUT2D eigenvalue weighted by molar-refractivity contribution is 6.30. The van der Waals surface area contributed by atoms with Crippen molar-refractivity contribution in [2.75, 3.05) is 11.9 Å². The summed E-state index contributed by atoms with van der Waals surface area (Å²) in [4.78, 5) is 26.3. The van der Waals surface area contributed by atoms with E-state index in [0.29, 0.717) is 22.7 Å². The molecule has 0 aromatic heterocycles. The molecule has 0 radical (unpaired) electrons. The number of benzene rings is 2. The standard InChI is InChI=1S/C21H24ClNO3/c1-3-5-15-21(20(25)26-4-2,16-9-7-6-8-10-16)19(24)23-18-13-11-17(22)12-14-18/h6-14H,3-5,15H2,1-2H3,(H,23,24). The van der Waals surface area contributed by atoms with Crippen molar-refractivity contribution in [1.29, 1.82) is 0 Å². The van der Waals surface area contributed by atoms with Crippen LogP contribution in [0.5, 0.6) is 0 Å². The Balaban J connectivity index is 2.47. The van der Waals surface area contributed by atoms with Crippen molar-refractivity contribution in [1.82, 2.24) is 0 Å². The number of esters is 1. The lowest BCUT2D eigenvalue weighted by molar-refractivity contribution is -0.154. The molecule has 2 rings (SSSR count). The lowest BCUT2D eigenvalue weighted by atomic mass is 9.75. The van der Waals surface area contributed by atoms with Gasteiger partial charge in [0.1, 0.15) is 0 Å². The van der Waals surface area contributed by atoms with E-state index >= 15 is 0 Å². The molecule has 2 aromatic rings. The average Bonchev–Trinajstić information content (AvgIpc) is 2.65. The fourth-order valence-corrected chi connectivity index (χ4v) is 3.02. The van der Waals surface area contributed by atoms with Crippen molar-refractivity contribution in [3.8, 4) is 0 Å². The molecule has 2 aromatic carbocycles. The predicted molar refractivity (Wildman–Crippen MR) is 104 cm³/mol. The van der Waals surface area contributed by atoms with E-state index in [1.807, 2.05) is 25.1 Å². The molecule has 0 saturated carbocycles. The van der Waals surface area contributed by atoms with Gasteiger partial charge in [0, 0.05) is 10.7 Å². The van der Waals surface area contributed by atoms with E-state index in [0.717, 1.165) is 12.8 Å². The summed E-state index contributed by atoms with van der Waals surface area (Å²) in [6, 6.07) is 15.9. The summed E-state index contributed by atoms with van der Waals surface area (Å²) in [5.74, 6) is -0.913. The minimum atomic E-state index is -1.38. The summed E-state index contributed by atoms with van der Waals surface area (Å²) in [6.45, 7) is 3.98. The number of carbonyl (C=O) groups excluding carboxylic acids is 2. The van der Waals surface area contributed by atoms with Crippen LogP contribution in [0.25, 0.3) is 0 Å². The Bertz CT molecular complexity index is 731. The molecule has 0 bridgehead atoms. The molecule has 0 heterocycles. The molecule has 5 heteroatoms. The second kappa shape index (κ2) is 9.39. The molecule has 1 unspecified atom stereocenters. The van der Waals surface area contributed by atoms with Crippen molar-refractivity contribution in [3.63, 3.8) is 0 Å². The zero-order valence-electron chi connectivity index (χ0n) is 15.1. The zero-order chi connectivity index (χ0) is 19.0. The molecule has 0 aliphatic heterocycles. The molecule has 0 fully saturated rings. The van der Waals surface area contributed by atoms with Gasteiger partial charge in [-0.05, 0) is 43.2 Å². The number of ether oxygens (including phenoxy) is 1. The second-order valence-corrected chi connectivity index (χ2v) is 6.49. The second-order valence-electron chi connectivity index (χ2n) is 6.06. The number of hydrogen-bond acceptors (Lipinski definition) is 3. The highest BCUT2D eigenvalue weighted by Crippen LogP contribution is 2.33. The highest BCUT2D eigenvalue weighted by Gasteiger charge is 2.48. The molecule has 0 spiro atoms. The first kappa shape index (κ1) is 20.0. The third-order valence-corrected chi connectivity index (χ3v) is 4.54. The fraction of sp³-hybridized carbons (Fsp3) is 0.333. The Kier molecular flexibility index (Phi) is 7.22. The third-order valence-electron chi connectivity index (χ3n) is 4.29. The molecule has 0 aliphatic carbocycles. The van der Waals surface area contributed by atoms with Crippen molar-refractivity contribution in [2.45, 2.75) is 38.5 Å². The summed E-state index contributed by atoms with van der Waals surface area (Å²) in [5.41, 5.74) is -0.161. The van der Waals surface area contributed by atoms with E-state index in [4.69, 9.17) is 16.3 Å². The van der Waals surface area contributed by atoms with Crippen LogP contribution in [0.2, 0.25) is 5.02 Å². The Morgan fingerprint density at radius 2 is 1.69 bits per heavy atom. The van der Waals surface area contributed by atoms with Gasteiger partial charge >= 0.3 is 5.97 Å². The third kappa shape index (κ3) is 4.44.